The quantitative estimate of drug-likeness (QED) is 0.438. The van der Waals surface area contributed by atoms with E-state index in [-0.39, 0.29) is 5.97 Å². The summed E-state index contributed by atoms with van der Waals surface area (Å²) in [5, 5.41) is 0. The minimum atomic E-state index is -0.259. The van der Waals surface area contributed by atoms with E-state index in [4.69, 9.17) is 4.74 Å². The van der Waals surface area contributed by atoms with E-state index in [2.05, 4.69) is 34.7 Å². The predicted molar refractivity (Wildman–Crippen MR) is 89.0 cm³/mol. The van der Waals surface area contributed by atoms with Gasteiger partial charge in [0, 0.05) is 4.43 Å². The van der Waals surface area contributed by atoms with Gasteiger partial charge in [-0.15, -0.1) is 0 Å². The van der Waals surface area contributed by atoms with Crippen LogP contribution in [0.15, 0.2) is 29.8 Å². The monoisotopic (exact) mass is 382 g/mol. The molecule has 0 radical (unpaired) electrons. The van der Waals surface area contributed by atoms with Crippen LogP contribution in [0.5, 0.6) is 0 Å². The zero-order chi connectivity index (χ0) is 14.1. The third-order valence-corrected chi connectivity index (χ3v) is 5.68. The van der Waals surface area contributed by atoms with E-state index >= 15 is 0 Å². The largest absolute Gasteiger partial charge is 0.465 e. The van der Waals surface area contributed by atoms with E-state index in [9.17, 15) is 4.79 Å². The number of halogens is 1. The van der Waals surface area contributed by atoms with E-state index < -0.39 is 0 Å². The van der Waals surface area contributed by atoms with E-state index in [1.165, 1.54) is 42.8 Å². The van der Waals surface area contributed by atoms with Crippen LogP contribution in [-0.4, -0.2) is 17.5 Å². The van der Waals surface area contributed by atoms with Crippen molar-refractivity contribution in [3.8, 4) is 0 Å². The highest BCUT2D eigenvalue weighted by Gasteiger charge is 2.35. The van der Waals surface area contributed by atoms with Crippen molar-refractivity contribution in [1.29, 1.82) is 0 Å². The Balaban J connectivity index is 1.95. The number of hydrogen-bond acceptors (Lipinski definition) is 2. The standard InChI is InChI=1S/C17H19IO2/c1-20-17(19)12-7-5-11(6-8-12)16-14(10-18)9-13-3-2-4-15(13)16/h5-8,13-14H,2-4,9-10H2,1H3/t13-,14-/m0/s1. The Hall–Kier alpha value is -0.840. The summed E-state index contributed by atoms with van der Waals surface area (Å²) in [5.74, 6) is 1.26. The molecule has 0 aliphatic heterocycles. The van der Waals surface area contributed by atoms with Crippen LogP contribution in [-0.2, 0) is 4.74 Å². The van der Waals surface area contributed by atoms with Gasteiger partial charge in [-0.3, -0.25) is 0 Å². The molecule has 0 aromatic heterocycles. The van der Waals surface area contributed by atoms with Gasteiger partial charge < -0.3 is 4.74 Å². The summed E-state index contributed by atoms with van der Waals surface area (Å²) in [7, 11) is 1.42. The van der Waals surface area contributed by atoms with Crippen molar-refractivity contribution in [2.45, 2.75) is 25.7 Å². The molecule has 0 amide bonds. The number of esters is 1. The molecule has 0 heterocycles. The highest BCUT2D eigenvalue weighted by molar-refractivity contribution is 14.1. The van der Waals surface area contributed by atoms with Gasteiger partial charge in [0.25, 0.3) is 0 Å². The molecule has 0 saturated heterocycles. The molecule has 2 atom stereocenters. The molecule has 0 bridgehead atoms. The van der Waals surface area contributed by atoms with Gasteiger partial charge >= 0.3 is 5.97 Å². The first kappa shape index (κ1) is 14.1. The Morgan fingerprint density at radius 3 is 2.75 bits per heavy atom. The minimum absolute atomic E-state index is 0.259. The van der Waals surface area contributed by atoms with Gasteiger partial charge in [-0.05, 0) is 60.8 Å². The zero-order valence-electron chi connectivity index (χ0n) is 11.7. The lowest BCUT2D eigenvalue weighted by atomic mass is 9.93. The van der Waals surface area contributed by atoms with Crippen molar-refractivity contribution < 1.29 is 9.53 Å². The lowest BCUT2D eigenvalue weighted by Crippen LogP contribution is -2.04. The zero-order valence-corrected chi connectivity index (χ0v) is 13.9. The molecule has 3 heteroatoms. The van der Waals surface area contributed by atoms with E-state index in [0.29, 0.717) is 11.5 Å². The van der Waals surface area contributed by atoms with Gasteiger partial charge in [-0.25, -0.2) is 4.79 Å². The summed E-state index contributed by atoms with van der Waals surface area (Å²) < 4.78 is 5.95. The normalized spacial score (nSPS) is 24.9. The topological polar surface area (TPSA) is 26.3 Å². The van der Waals surface area contributed by atoms with Crippen LogP contribution in [0, 0.1) is 11.8 Å². The first-order chi connectivity index (χ1) is 9.74. The van der Waals surface area contributed by atoms with Crippen molar-refractivity contribution in [2.75, 3.05) is 11.5 Å². The SMILES string of the molecule is COC(=O)c1ccc(C2=C3CCC[C@H]3C[C@H]2CI)cc1. The number of rotatable bonds is 3. The molecule has 1 fully saturated rings. The van der Waals surface area contributed by atoms with Gasteiger partial charge in [0.2, 0.25) is 0 Å². The van der Waals surface area contributed by atoms with Crippen LogP contribution in [0.3, 0.4) is 0 Å². The van der Waals surface area contributed by atoms with Crippen LogP contribution in [0.1, 0.15) is 41.6 Å². The van der Waals surface area contributed by atoms with Crippen LogP contribution in [0.25, 0.3) is 5.57 Å². The molecule has 0 N–H and O–H groups in total. The predicted octanol–water partition coefficient (Wildman–Crippen LogP) is 4.48. The van der Waals surface area contributed by atoms with Crippen LogP contribution in [0.4, 0.5) is 0 Å². The molecular weight excluding hydrogens is 363 g/mol. The van der Waals surface area contributed by atoms with E-state index in [1.807, 2.05) is 12.1 Å². The van der Waals surface area contributed by atoms with Crippen molar-refractivity contribution in [1.82, 2.24) is 0 Å². The number of ether oxygens (including phenoxy) is 1. The molecule has 106 valence electrons. The molecule has 20 heavy (non-hydrogen) atoms. The summed E-state index contributed by atoms with van der Waals surface area (Å²) in [5.41, 5.74) is 5.20. The minimum Gasteiger partial charge on any atom is -0.465 e. The summed E-state index contributed by atoms with van der Waals surface area (Å²) in [6, 6.07) is 7.96. The van der Waals surface area contributed by atoms with Crippen LogP contribution < -0.4 is 0 Å². The maximum absolute atomic E-state index is 11.5. The fourth-order valence-corrected chi connectivity index (χ4v) is 4.52. The van der Waals surface area contributed by atoms with Gasteiger partial charge in [0.05, 0.1) is 12.7 Å². The molecular formula is C17H19IO2. The smallest absolute Gasteiger partial charge is 0.337 e. The Morgan fingerprint density at radius 2 is 2.10 bits per heavy atom. The Bertz CT molecular complexity index is 545. The number of carbonyl (C=O) groups is 1. The lowest BCUT2D eigenvalue weighted by Gasteiger charge is -2.14. The van der Waals surface area contributed by atoms with Crippen molar-refractivity contribution in [2.24, 2.45) is 11.8 Å². The molecule has 2 nitrogen and oxygen atoms in total. The second-order valence-corrected chi connectivity index (χ2v) is 6.56. The summed E-state index contributed by atoms with van der Waals surface area (Å²) >= 11 is 2.51. The maximum atomic E-state index is 11.5. The summed E-state index contributed by atoms with van der Waals surface area (Å²) in [4.78, 5) is 11.5. The second-order valence-electron chi connectivity index (χ2n) is 5.68. The molecule has 0 unspecified atom stereocenters. The first-order valence-electron chi connectivity index (χ1n) is 7.22. The van der Waals surface area contributed by atoms with Gasteiger partial charge in [0.15, 0.2) is 0 Å². The third-order valence-electron chi connectivity index (χ3n) is 4.62. The van der Waals surface area contributed by atoms with Gasteiger partial charge in [-0.1, -0.05) is 40.3 Å². The number of allylic oxidation sites excluding steroid dienone is 2. The Kier molecular flexibility index (Phi) is 4.15. The lowest BCUT2D eigenvalue weighted by molar-refractivity contribution is 0.0601. The average Bonchev–Trinajstić information content (AvgIpc) is 3.06. The molecule has 2 aliphatic carbocycles. The van der Waals surface area contributed by atoms with Crippen LogP contribution in [0.2, 0.25) is 0 Å². The number of fused-ring (bicyclic) bond motifs is 1. The number of carbonyl (C=O) groups excluding carboxylic acids is 1. The fourth-order valence-electron chi connectivity index (χ4n) is 3.72. The summed E-state index contributed by atoms with van der Waals surface area (Å²) in [6.45, 7) is 0. The average molecular weight is 382 g/mol. The van der Waals surface area contributed by atoms with Crippen LogP contribution >= 0.6 is 22.6 Å². The van der Waals surface area contributed by atoms with Gasteiger partial charge in [0.1, 0.15) is 0 Å². The number of alkyl halides is 1. The first-order valence-corrected chi connectivity index (χ1v) is 8.74. The summed E-state index contributed by atoms with van der Waals surface area (Å²) in [6.07, 6.45) is 5.31. The molecule has 2 aliphatic rings. The number of hydrogen-bond donors (Lipinski definition) is 0. The molecule has 1 aromatic carbocycles. The molecule has 3 rings (SSSR count). The maximum Gasteiger partial charge on any atom is 0.337 e. The van der Waals surface area contributed by atoms with E-state index in [1.54, 1.807) is 11.1 Å². The number of benzene rings is 1. The van der Waals surface area contributed by atoms with E-state index in [0.717, 1.165) is 5.92 Å². The third kappa shape index (κ3) is 2.41. The highest BCUT2D eigenvalue weighted by Crippen LogP contribution is 2.50. The van der Waals surface area contributed by atoms with Crippen molar-refractivity contribution in [3.63, 3.8) is 0 Å². The number of methoxy groups -OCH3 is 1. The molecule has 1 aromatic rings. The molecule has 1 saturated carbocycles. The molecule has 0 spiro atoms. The van der Waals surface area contributed by atoms with Crippen molar-refractivity contribution >= 4 is 34.1 Å². The fraction of sp³-hybridized carbons (Fsp3) is 0.471. The highest BCUT2D eigenvalue weighted by atomic mass is 127. The van der Waals surface area contributed by atoms with Gasteiger partial charge in [-0.2, -0.15) is 0 Å². The van der Waals surface area contributed by atoms with Crippen molar-refractivity contribution in [3.05, 3.63) is 41.0 Å². The second kappa shape index (κ2) is 5.88. The Morgan fingerprint density at radius 1 is 1.35 bits per heavy atom. The Labute approximate surface area is 133 Å².